The fourth-order valence-electron chi connectivity index (χ4n) is 0.853. The molecule has 0 aliphatic rings. The van der Waals surface area contributed by atoms with Crippen LogP contribution in [0.25, 0.3) is 4.91 Å². The third-order valence-corrected chi connectivity index (χ3v) is 1.98. The number of hydrogen-bond donors (Lipinski definition) is 1. The molecule has 0 aliphatic carbocycles. The van der Waals surface area contributed by atoms with Crippen LogP contribution >= 0.6 is 12.6 Å². The average molecular weight is 186 g/mol. The van der Waals surface area contributed by atoms with Gasteiger partial charge in [0.15, 0.2) is 0 Å². The van der Waals surface area contributed by atoms with E-state index in [1.54, 1.807) is 13.0 Å². The van der Waals surface area contributed by atoms with Crippen LogP contribution < -0.4 is 0 Å². The van der Waals surface area contributed by atoms with Crippen molar-refractivity contribution >= 4 is 17.5 Å². The molecule has 1 aromatic rings. The molecular weight excluding hydrogens is 178 g/mol. The van der Waals surface area contributed by atoms with Gasteiger partial charge >= 0.3 is 0 Å². The zero-order valence-electron chi connectivity index (χ0n) is 6.51. The summed E-state index contributed by atoms with van der Waals surface area (Å²) in [6, 6.07) is 3.42. The number of allylic oxidation sites excluding steroid dienone is 1. The van der Waals surface area contributed by atoms with Gasteiger partial charge in [-0.3, -0.25) is 0 Å². The maximum Gasteiger partial charge on any atom is 0.134 e. The van der Waals surface area contributed by atoms with Crippen LogP contribution in [0.5, 0.6) is 0 Å². The van der Waals surface area contributed by atoms with Gasteiger partial charge in [0.25, 0.3) is 0 Å². The van der Waals surface area contributed by atoms with E-state index in [-0.39, 0.29) is 0 Å². The topological polar surface area (TPSA) is 0 Å². The van der Waals surface area contributed by atoms with Crippen LogP contribution in [0.1, 0.15) is 12.5 Å². The molecule has 0 atom stereocenters. The van der Waals surface area contributed by atoms with Crippen LogP contribution in [0.2, 0.25) is 0 Å². The molecule has 0 aromatic heterocycles. The maximum absolute atomic E-state index is 13.0. The number of benzene rings is 1. The maximum atomic E-state index is 13.0. The molecule has 0 radical (unpaired) electrons. The lowest BCUT2D eigenvalue weighted by Gasteiger charge is -2.00. The van der Waals surface area contributed by atoms with Crippen molar-refractivity contribution in [3.05, 3.63) is 41.5 Å². The third-order valence-electron chi connectivity index (χ3n) is 1.48. The molecule has 0 saturated carbocycles. The zero-order chi connectivity index (χ0) is 9.14. The Hall–Kier alpha value is -0.830. The molecule has 0 spiro atoms. The highest BCUT2D eigenvalue weighted by molar-refractivity contribution is 7.90. The monoisotopic (exact) mass is 186 g/mol. The smallest absolute Gasteiger partial charge is 0.134 e. The van der Waals surface area contributed by atoms with Gasteiger partial charge in [0.05, 0.1) is 0 Å². The predicted molar refractivity (Wildman–Crippen MR) is 49.0 cm³/mol. The molecule has 0 unspecified atom stereocenters. The highest BCUT2D eigenvalue weighted by Crippen LogP contribution is 2.21. The second-order valence-electron chi connectivity index (χ2n) is 2.30. The summed E-state index contributed by atoms with van der Waals surface area (Å²) in [5.41, 5.74) is 0.322. The van der Waals surface area contributed by atoms with Crippen LogP contribution in [0.15, 0.2) is 24.3 Å². The lowest BCUT2D eigenvalue weighted by atomic mass is 10.2. The predicted octanol–water partition coefficient (Wildman–Crippen LogP) is 3.26. The van der Waals surface area contributed by atoms with Crippen LogP contribution in [0, 0.1) is 11.6 Å². The Balaban J connectivity index is 3.18. The highest BCUT2D eigenvalue weighted by atomic mass is 32.1. The van der Waals surface area contributed by atoms with Crippen molar-refractivity contribution in [3.8, 4) is 0 Å². The first-order valence-electron chi connectivity index (χ1n) is 3.46. The Morgan fingerprint density at radius 1 is 1.42 bits per heavy atom. The van der Waals surface area contributed by atoms with Gasteiger partial charge in [-0.1, -0.05) is 6.08 Å². The Kier molecular flexibility index (Phi) is 2.87. The number of rotatable bonds is 1. The van der Waals surface area contributed by atoms with E-state index in [4.69, 9.17) is 0 Å². The van der Waals surface area contributed by atoms with Crippen molar-refractivity contribution in [2.45, 2.75) is 6.92 Å². The van der Waals surface area contributed by atoms with Gasteiger partial charge in [-0.15, -0.1) is 12.6 Å². The SMILES string of the molecule is C/C=C(\S)c1ccc(F)cc1F. The molecule has 0 N–H and O–H groups in total. The summed E-state index contributed by atoms with van der Waals surface area (Å²) in [5, 5.41) is 0. The largest absolute Gasteiger partial charge is 0.207 e. The summed E-state index contributed by atoms with van der Waals surface area (Å²) in [7, 11) is 0. The molecule has 3 heteroatoms. The Bertz CT molecular complexity index is 318. The van der Waals surface area contributed by atoms with Gasteiger partial charge in [-0.25, -0.2) is 8.78 Å². The fourth-order valence-corrected chi connectivity index (χ4v) is 1.03. The molecule has 0 aliphatic heterocycles. The first-order valence-corrected chi connectivity index (χ1v) is 3.90. The first kappa shape index (κ1) is 9.26. The summed E-state index contributed by atoms with van der Waals surface area (Å²) in [6.45, 7) is 1.74. The number of thiol groups is 1. The number of hydrogen-bond acceptors (Lipinski definition) is 1. The van der Waals surface area contributed by atoms with Gasteiger partial charge in [-0.05, 0) is 19.1 Å². The van der Waals surface area contributed by atoms with Crippen LogP contribution in [0.4, 0.5) is 8.78 Å². The van der Waals surface area contributed by atoms with E-state index in [0.29, 0.717) is 10.5 Å². The molecule has 0 fully saturated rings. The minimum absolute atomic E-state index is 0.322. The quantitative estimate of drug-likeness (QED) is 0.639. The summed E-state index contributed by atoms with van der Waals surface area (Å²) in [5.74, 6) is -1.16. The zero-order valence-corrected chi connectivity index (χ0v) is 7.41. The fraction of sp³-hybridized carbons (Fsp3) is 0.111. The van der Waals surface area contributed by atoms with E-state index < -0.39 is 11.6 Å². The van der Waals surface area contributed by atoms with Gasteiger partial charge < -0.3 is 0 Å². The Morgan fingerprint density at radius 2 is 2.08 bits per heavy atom. The number of halogens is 2. The minimum atomic E-state index is -0.585. The van der Waals surface area contributed by atoms with Crippen molar-refractivity contribution in [3.63, 3.8) is 0 Å². The summed E-state index contributed by atoms with van der Waals surface area (Å²) >= 11 is 4.02. The van der Waals surface area contributed by atoms with Crippen molar-refractivity contribution < 1.29 is 8.78 Å². The van der Waals surface area contributed by atoms with Crippen molar-refractivity contribution in [2.75, 3.05) is 0 Å². The second-order valence-corrected chi connectivity index (χ2v) is 2.78. The summed E-state index contributed by atoms with van der Waals surface area (Å²) in [6.07, 6.45) is 1.65. The van der Waals surface area contributed by atoms with E-state index in [0.717, 1.165) is 6.07 Å². The molecule has 1 rings (SSSR count). The van der Waals surface area contributed by atoms with Gasteiger partial charge in [0, 0.05) is 16.5 Å². The molecule has 12 heavy (non-hydrogen) atoms. The molecule has 0 amide bonds. The van der Waals surface area contributed by atoms with Crippen LogP contribution in [-0.4, -0.2) is 0 Å². The minimum Gasteiger partial charge on any atom is -0.207 e. The lowest BCUT2D eigenvalue weighted by molar-refractivity contribution is 0.581. The van der Waals surface area contributed by atoms with Gasteiger partial charge in [0.1, 0.15) is 11.6 Å². The van der Waals surface area contributed by atoms with E-state index >= 15 is 0 Å². The van der Waals surface area contributed by atoms with Crippen LogP contribution in [0.3, 0.4) is 0 Å². The van der Waals surface area contributed by atoms with E-state index in [1.165, 1.54) is 12.1 Å². The van der Waals surface area contributed by atoms with E-state index in [9.17, 15) is 8.78 Å². The molecule has 64 valence electrons. The molecule has 1 aromatic carbocycles. The molecule has 0 bridgehead atoms. The first-order chi connectivity index (χ1) is 5.65. The van der Waals surface area contributed by atoms with Gasteiger partial charge in [-0.2, -0.15) is 0 Å². The summed E-state index contributed by atoms with van der Waals surface area (Å²) < 4.78 is 25.4. The van der Waals surface area contributed by atoms with Crippen molar-refractivity contribution in [1.82, 2.24) is 0 Å². The lowest BCUT2D eigenvalue weighted by Crippen LogP contribution is -1.86. The Labute approximate surface area is 75.3 Å². The van der Waals surface area contributed by atoms with Crippen LogP contribution in [-0.2, 0) is 0 Å². The molecular formula is C9H8F2S. The highest BCUT2D eigenvalue weighted by Gasteiger charge is 2.04. The van der Waals surface area contributed by atoms with Crippen molar-refractivity contribution in [1.29, 1.82) is 0 Å². The second kappa shape index (κ2) is 3.72. The molecule has 0 saturated heterocycles. The summed E-state index contributed by atoms with van der Waals surface area (Å²) in [4.78, 5) is 0.507. The molecule has 0 heterocycles. The Morgan fingerprint density at radius 3 is 2.58 bits per heavy atom. The van der Waals surface area contributed by atoms with E-state index in [2.05, 4.69) is 12.6 Å². The third kappa shape index (κ3) is 1.85. The average Bonchev–Trinajstić information content (AvgIpc) is 2.03. The van der Waals surface area contributed by atoms with Crippen molar-refractivity contribution in [2.24, 2.45) is 0 Å². The van der Waals surface area contributed by atoms with E-state index in [1.807, 2.05) is 0 Å². The standard InChI is InChI=1S/C9H8F2S/c1-2-9(12)7-4-3-6(10)5-8(7)11/h2-5,12H,1H3/b9-2-. The molecule has 0 nitrogen and oxygen atoms in total. The van der Waals surface area contributed by atoms with Gasteiger partial charge in [0.2, 0.25) is 0 Å². The normalized spacial score (nSPS) is 11.8.